The predicted octanol–water partition coefficient (Wildman–Crippen LogP) is 2.52. The van der Waals surface area contributed by atoms with Crippen molar-refractivity contribution in [3.05, 3.63) is 47.4 Å². The fourth-order valence-corrected chi connectivity index (χ4v) is 4.12. The molecule has 27 heavy (non-hydrogen) atoms. The van der Waals surface area contributed by atoms with Crippen molar-refractivity contribution in [1.82, 2.24) is 14.9 Å². The Bertz CT molecular complexity index is 844. The molecular formula is C21H27N5O. The first-order valence-corrected chi connectivity index (χ1v) is 9.81. The van der Waals surface area contributed by atoms with Crippen LogP contribution in [-0.4, -0.2) is 59.5 Å². The summed E-state index contributed by atoms with van der Waals surface area (Å²) in [5.74, 6) is 1.47. The second kappa shape index (κ2) is 7.27. The molecule has 2 aromatic rings. The number of amides is 1. The summed E-state index contributed by atoms with van der Waals surface area (Å²) in [4.78, 5) is 29.0. The lowest BCUT2D eigenvalue weighted by Crippen LogP contribution is -2.46. The smallest absolute Gasteiger partial charge is 0.277 e. The van der Waals surface area contributed by atoms with Gasteiger partial charge in [-0.2, -0.15) is 0 Å². The molecule has 0 bridgehead atoms. The summed E-state index contributed by atoms with van der Waals surface area (Å²) >= 11 is 0. The van der Waals surface area contributed by atoms with E-state index in [1.807, 2.05) is 36.1 Å². The number of piperazine rings is 1. The van der Waals surface area contributed by atoms with Gasteiger partial charge in [-0.15, -0.1) is 0 Å². The number of para-hydroxylation sites is 1. The van der Waals surface area contributed by atoms with E-state index in [-0.39, 0.29) is 11.9 Å². The summed E-state index contributed by atoms with van der Waals surface area (Å²) in [5, 5.41) is 0. The van der Waals surface area contributed by atoms with E-state index >= 15 is 0 Å². The van der Waals surface area contributed by atoms with Gasteiger partial charge < -0.3 is 14.7 Å². The first-order valence-electron chi connectivity index (χ1n) is 9.81. The summed E-state index contributed by atoms with van der Waals surface area (Å²) in [5.41, 5.74) is 2.71. The second-order valence-corrected chi connectivity index (χ2v) is 7.44. The first kappa shape index (κ1) is 17.9. The van der Waals surface area contributed by atoms with Gasteiger partial charge in [0.15, 0.2) is 0 Å². The molecule has 0 aliphatic carbocycles. The van der Waals surface area contributed by atoms with Gasteiger partial charge in [-0.3, -0.25) is 4.79 Å². The van der Waals surface area contributed by atoms with Gasteiger partial charge in [-0.05, 0) is 38.4 Å². The van der Waals surface area contributed by atoms with Gasteiger partial charge in [0.1, 0.15) is 17.3 Å². The van der Waals surface area contributed by atoms with Crippen LogP contribution < -0.4 is 9.80 Å². The second-order valence-electron chi connectivity index (χ2n) is 7.44. The van der Waals surface area contributed by atoms with Crippen molar-refractivity contribution in [1.29, 1.82) is 0 Å². The third-order valence-corrected chi connectivity index (χ3v) is 5.61. The number of benzene rings is 1. The van der Waals surface area contributed by atoms with Crippen molar-refractivity contribution in [2.24, 2.45) is 0 Å². The summed E-state index contributed by atoms with van der Waals surface area (Å²) in [7, 11) is 0. The van der Waals surface area contributed by atoms with Crippen molar-refractivity contribution >= 4 is 17.4 Å². The Morgan fingerprint density at radius 3 is 2.63 bits per heavy atom. The third kappa shape index (κ3) is 3.41. The van der Waals surface area contributed by atoms with Crippen LogP contribution in [0.2, 0.25) is 0 Å². The van der Waals surface area contributed by atoms with Gasteiger partial charge in [-0.1, -0.05) is 25.1 Å². The highest BCUT2D eigenvalue weighted by Crippen LogP contribution is 2.33. The van der Waals surface area contributed by atoms with Crippen LogP contribution in [0.5, 0.6) is 0 Å². The molecule has 4 rings (SSSR count). The Kier molecular flexibility index (Phi) is 4.83. The van der Waals surface area contributed by atoms with E-state index in [2.05, 4.69) is 39.7 Å². The van der Waals surface area contributed by atoms with E-state index in [0.29, 0.717) is 11.5 Å². The van der Waals surface area contributed by atoms with Gasteiger partial charge in [0.25, 0.3) is 5.91 Å². The molecule has 3 heterocycles. The van der Waals surface area contributed by atoms with Gasteiger partial charge in [-0.25, -0.2) is 9.97 Å². The van der Waals surface area contributed by atoms with Gasteiger partial charge >= 0.3 is 0 Å². The SMILES string of the molecule is CCN1CCN(c2cc(C(=O)N3c4ccccc4CC3C)nc(C)n2)CC1. The largest absolute Gasteiger partial charge is 0.354 e. The summed E-state index contributed by atoms with van der Waals surface area (Å²) < 4.78 is 0. The zero-order chi connectivity index (χ0) is 19.0. The normalized spacial score (nSPS) is 20.0. The molecule has 2 aliphatic rings. The van der Waals surface area contributed by atoms with Crippen LogP contribution in [0.1, 0.15) is 35.7 Å². The summed E-state index contributed by atoms with van der Waals surface area (Å²) in [6.45, 7) is 11.1. The number of aromatic nitrogens is 2. The Hall–Kier alpha value is -2.47. The molecule has 1 aromatic heterocycles. The zero-order valence-electron chi connectivity index (χ0n) is 16.4. The number of hydrogen-bond donors (Lipinski definition) is 0. The number of carbonyl (C=O) groups excluding carboxylic acids is 1. The lowest BCUT2D eigenvalue weighted by molar-refractivity contribution is 0.0976. The average molecular weight is 365 g/mol. The van der Waals surface area contributed by atoms with E-state index in [0.717, 1.165) is 50.6 Å². The van der Waals surface area contributed by atoms with Crippen LogP contribution >= 0.6 is 0 Å². The molecule has 1 fully saturated rings. The Morgan fingerprint density at radius 2 is 1.89 bits per heavy atom. The maximum atomic E-state index is 13.3. The fraction of sp³-hybridized carbons (Fsp3) is 0.476. The minimum atomic E-state index is -0.0357. The molecule has 0 N–H and O–H groups in total. The number of likely N-dealkylation sites (N-methyl/N-ethyl adjacent to an activating group) is 1. The van der Waals surface area contributed by atoms with Crippen molar-refractivity contribution in [3.63, 3.8) is 0 Å². The Labute approximate surface area is 160 Å². The monoisotopic (exact) mass is 365 g/mol. The van der Waals surface area contributed by atoms with Crippen molar-refractivity contribution in [2.75, 3.05) is 42.5 Å². The van der Waals surface area contributed by atoms with Crippen LogP contribution in [-0.2, 0) is 6.42 Å². The summed E-state index contributed by atoms with van der Waals surface area (Å²) in [6.07, 6.45) is 0.887. The van der Waals surface area contributed by atoms with Crippen LogP contribution in [0.4, 0.5) is 11.5 Å². The molecule has 142 valence electrons. The molecule has 0 saturated carbocycles. The molecule has 1 aromatic carbocycles. The highest BCUT2D eigenvalue weighted by molar-refractivity contribution is 6.06. The molecule has 6 heteroatoms. The van der Waals surface area contributed by atoms with Crippen LogP contribution in [0.15, 0.2) is 30.3 Å². The number of anilines is 2. The predicted molar refractivity (Wildman–Crippen MR) is 108 cm³/mol. The third-order valence-electron chi connectivity index (χ3n) is 5.61. The Balaban J connectivity index is 1.61. The van der Waals surface area contributed by atoms with Gasteiger partial charge in [0, 0.05) is 44.0 Å². The van der Waals surface area contributed by atoms with Gasteiger partial charge in [0.2, 0.25) is 0 Å². The van der Waals surface area contributed by atoms with E-state index in [4.69, 9.17) is 0 Å². The van der Waals surface area contributed by atoms with Gasteiger partial charge in [0.05, 0.1) is 0 Å². The first-order chi connectivity index (χ1) is 13.1. The molecule has 1 amide bonds. The number of hydrogen-bond acceptors (Lipinski definition) is 5. The van der Waals surface area contributed by atoms with E-state index in [9.17, 15) is 4.79 Å². The molecule has 1 saturated heterocycles. The number of fused-ring (bicyclic) bond motifs is 1. The van der Waals surface area contributed by atoms with Crippen LogP contribution in [0.25, 0.3) is 0 Å². The van der Waals surface area contributed by atoms with Crippen LogP contribution in [0.3, 0.4) is 0 Å². The van der Waals surface area contributed by atoms with E-state index in [1.54, 1.807) is 0 Å². The zero-order valence-corrected chi connectivity index (χ0v) is 16.4. The number of aryl methyl sites for hydroxylation is 1. The maximum absolute atomic E-state index is 13.3. The van der Waals surface area contributed by atoms with E-state index < -0.39 is 0 Å². The minimum Gasteiger partial charge on any atom is -0.354 e. The molecule has 0 radical (unpaired) electrons. The number of rotatable bonds is 3. The Morgan fingerprint density at radius 1 is 1.15 bits per heavy atom. The highest BCUT2D eigenvalue weighted by Gasteiger charge is 2.32. The minimum absolute atomic E-state index is 0.0357. The molecule has 0 spiro atoms. The van der Waals surface area contributed by atoms with Crippen molar-refractivity contribution < 1.29 is 4.79 Å². The fourth-order valence-electron chi connectivity index (χ4n) is 4.12. The molecular weight excluding hydrogens is 338 g/mol. The molecule has 1 atom stereocenters. The molecule has 2 aliphatic heterocycles. The highest BCUT2D eigenvalue weighted by atomic mass is 16.2. The standard InChI is InChI=1S/C21H27N5O/c1-4-24-9-11-25(12-10-24)20-14-18(22-16(3)23-20)21(27)26-15(2)13-17-7-5-6-8-19(17)26/h5-8,14-15H,4,9-13H2,1-3H3. The van der Waals surface area contributed by atoms with E-state index in [1.165, 1.54) is 5.56 Å². The van der Waals surface area contributed by atoms with Crippen molar-refractivity contribution in [2.45, 2.75) is 33.2 Å². The quantitative estimate of drug-likeness (QED) is 0.837. The average Bonchev–Trinajstić information content (AvgIpc) is 3.02. The molecule has 6 nitrogen and oxygen atoms in total. The van der Waals surface area contributed by atoms with Crippen molar-refractivity contribution in [3.8, 4) is 0 Å². The summed E-state index contributed by atoms with van der Waals surface area (Å²) in [6, 6.07) is 10.1. The van der Waals surface area contributed by atoms with Crippen LogP contribution in [0, 0.1) is 6.92 Å². The lowest BCUT2D eigenvalue weighted by atomic mass is 10.1. The topological polar surface area (TPSA) is 52.6 Å². The number of nitrogens with zero attached hydrogens (tertiary/aromatic N) is 5. The number of carbonyl (C=O) groups is 1. The maximum Gasteiger partial charge on any atom is 0.277 e. The lowest BCUT2D eigenvalue weighted by Gasteiger charge is -2.35. The molecule has 1 unspecified atom stereocenters.